The van der Waals surface area contributed by atoms with E-state index in [1.165, 1.54) is 25.7 Å². The van der Waals surface area contributed by atoms with Gasteiger partial charge in [-0.15, -0.1) is 10.2 Å². The minimum Gasteiger partial charge on any atom is -0.307 e. The van der Waals surface area contributed by atoms with Crippen molar-refractivity contribution in [2.45, 2.75) is 52.1 Å². The summed E-state index contributed by atoms with van der Waals surface area (Å²) in [6.07, 6.45) is 5.11. The molecule has 0 spiro atoms. The first-order valence-corrected chi connectivity index (χ1v) is 5.61. The van der Waals surface area contributed by atoms with Crippen LogP contribution in [0.5, 0.6) is 0 Å². The van der Waals surface area contributed by atoms with Crippen LogP contribution in [0.4, 0.5) is 0 Å². The van der Waals surface area contributed by atoms with E-state index in [0.29, 0.717) is 11.5 Å². The molecule has 1 heterocycles. The van der Waals surface area contributed by atoms with Crippen LogP contribution in [0.25, 0.3) is 0 Å². The second-order valence-electron chi connectivity index (χ2n) is 5.15. The van der Waals surface area contributed by atoms with E-state index in [2.05, 4.69) is 39.8 Å². The number of hydrogen-bond acceptors (Lipinski definition) is 4. The lowest BCUT2D eigenvalue weighted by Crippen LogP contribution is -2.35. The van der Waals surface area contributed by atoms with Crippen molar-refractivity contribution in [3.05, 3.63) is 5.82 Å². The summed E-state index contributed by atoms with van der Waals surface area (Å²) < 4.78 is 0. The number of nitrogens with zero attached hydrogens (tertiary/aromatic N) is 3. The summed E-state index contributed by atoms with van der Waals surface area (Å²) in [4.78, 5) is 0. The molecule has 0 bridgehead atoms. The van der Waals surface area contributed by atoms with Gasteiger partial charge in [0.25, 0.3) is 0 Å². The van der Waals surface area contributed by atoms with Gasteiger partial charge in [-0.3, -0.25) is 0 Å². The molecule has 0 atom stereocenters. The highest BCUT2D eigenvalue weighted by atomic mass is 15.5. The normalized spacial score (nSPS) is 21.7. The van der Waals surface area contributed by atoms with Crippen LogP contribution in [0, 0.1) is 5.41 Å². The van der Waals surface area contributed by atoms with Gasteiger partial charge in [-0.1, -0.05) is 19.1 Å². The second-order valence-corrected chi connectivity index (χ2v) is 5.15. The third-order valence-corrected chi connectivity index (χ3v) is 3.28. The van der Waals surface area contributed by atoms with Gasteiger partial charge in [-0.05, 0) is 31.1 Å². The Kier molecular flexibility index (Phi) is 3.00. The molecule has 0 aromatic carbocycles. The Morgan fingerprint density at radius 1 is 1.40 bits per heavy atom. The number of aromatic amines is 1. The highest BCUT2D eigenvalue weighted by Crippen LogP contribution is 2.34. The lowest BCUT2D eigenvalue weighted by Gasteiger charge is -2.34. The molecular weight excluding hydrogens is 190 g/mol. The van der Waals surface area contributed by atoms with E-state index in [-0.39, 0.29) is 0 Å². The minimum atomic E-state index is 0.532. The summed E-state index contributed by atoms with van der Waals surface area (Å²) in [7, 11) is 0. The summed E-state index contributed by atoms with van der Waals surface area (Å²) >= 11 is 0. The summed E-state index contributed by atoms with van der Waals surface area (Å²) in [6.45, 7) is 5.42. The number of nitrogens with one attached hydrogen (secondary N) is 2. The molecule has 1 aromatic heterocycles. The van der Waals surface area contributed by atoms with Gasteiger partial charge < -0.3 is 5.32 Å². The number of rotatable bonds is 3. The van der Waals surface area contributed by atoms with E-state index in [1.807, 2.05) is 0 Å². The summed E-state index contributed by atoms with van der Waals surface area (Å²) in [6, 6.07) is 0.622. The minimum absolute atomic E-state index is 0.532. The molecule has 0 aliphatic heterocycles. The van der Waals surface area contributed by atoms with Crippen molar-refractivity contribution < 1.29 is 0 Å². The molecule has 0 amide bonds. The van der Waals surface area contributed by atoms with Crippen LogP contribution < -0.4 is 5.32 Å². The molecule has 1 saturated carbocycles. The number of tetrazole rings is 1. The zero-order valence-corrected chi connectivity index (χ0v) is 9.45. The van der Waals surface area contributed by atoms with Crippen LogP contribution in [-0.4, -0.2) is 26.7 Å². The van der Waals surface area contributed by atoms with E-state index < -0.39 is 0 Å². The van der Waals surface area contributed by atoms with Crippen LogP contribution in [0.3, 0.4) is 0 Å². The van der Waals surface area contributed by atoms with Crippen molar-refractivity contribution in [1.29, 1.82) is 0 Å². The molecule has 1 aromatic rings. The van der Waals surface area contributed by atoms with Crippen molar-refractivity contribution >= 4 is 0 Å². The third-order valence-electron chi connectivity index (χ3n) is 3.28. The molecule has 2 rings (SSSR count). The molecule has 1 aliphatic carbocycles. The fourth-order valence-corrected chi connectivity index (χ4v) is 2.10. The van der Waals surface area contributed by atoms with Gasteiger partial charge in [0.05, 0.1) is 6.54 Å². The molecule has 84 valence electrons. The fraction of sp³-hybridized carbons (Fsp3) is 0.900. The molecule has 0 saturated heterocycles. The molecule has 5 heteroatoms. The Balaban J connectivity index is 1.73. The van der Waals surface area contributed by atoms with Crippen molar-refractivity contribution in [3.63, 3.8) is 0 Å². The van der Waals surface area contributed by atoms with Crippen molar-refractivity contribution in [3.8, 4) is 0 Å². The van der Waals surface area contributed by atoms with Gasteiger partial charge in [0.2, 0.25) is 0 Å². The Bertz CT molecular complexity index is 283. The standard InChI is InChI=1S/C10H19N5/c1-10(2)5-3-8(4-6-10)11-7-9-12-14-15-13-9/h8,11H,3-7H2,1-2H3,(H,12,13,14,15). The predicted molar refractivity (Wildman–Crippen MR) is 57.1 cm³/mol. The SMILES string of the molecule is CC1(C)CCC(NCc2nn[nH]n2)CC1. The van der Waals surface area contributed by atoms with E-state index in [1.54, 1.807) is 0 Å². The van der Waals surface area contributed by atoms with Gasteiger partial charge >= 0.3 is 0 Å². The Morgan fingerprint density at radius 3 is 2.73 bits per heavy atom. The monoisotopic (exact) mass is 209 g/mol. The average molecular weight is 209 g/mol. The molecule has 2 N–H and O–H groups in total. The molecule has 1 aliphatic rings. The zero-order chi connectivity index (χ0) is 10.7. The highest BCUT2D eigenvalue weighted by Gasteiger charge is 2.26. The maximum absolute atomic E-state index is 3.92. The topological polar surface area (TPSA) is 66.5 Å². The van der Waals surface area contributed by atoms with Crippen LogP contribution in [0.15, 0.2) is 0 Å². The molecule has 5 nitrogen and oxygen atoms in total. The molecule has 1 fully saturated rings. The maximum atomic E-state index is 3.92. The van der Waals surface area contributed by atoms with E-state index in [0.717, 1.165) is 12.4 Å². The molecular formula is C10H19N5. The summed E-state index contributed by atoms with van der Waals surface area (Å²) in [5.41, 5.74) is 0.532. The Morgan fingerprint density at radius 2 is 2.13 bits per heavy atom. The Labute approximate surface area is 90.0 Å². The largest absolute Gasteiger partial charge is 0.307 e. The van der Waals surface area contributed by atoms with Crippen LogP contribution in [0.2, 0.25) is 0 Å². The first-order chi connectivity index (χ1) is 7.16. The summed E-state index contributed by atoms with van der Waals surface area (Å²) in [5, 5.41) is 17.3. The number of H-pyrrole nitrogens is 1. The van der Waals surface area contributed by atoms with E-state index in [4.69, 9.17) is 0 Å². The average Bonchev–Trinajstić information content (AvgIpc) is 2.69. The predicted octanol–water partition coefficient (Wildman–Crippen LogP) is 1.26. The van der Waals surface area contributed by atoms with Gasteiger partial charge in [-0.2, -0.15) is 5.21 Å². The van der Waals surface area contributed by atoms with Crippen molar-refractivity contribution in [2.75, 3.05) is 0 Å². The summed E-state index contributed by atoms with van der Waals surface area (Å²) in [5.74, 6) is 0.750. The van der Waals surface area contributed by atoms with E-state index in [9.17, 15) is 0 Å². The Hall–Kier alpha value is -0.970. The number of hydrogen-bond donors (Lipinski definition) is 2. The van der Waals surface area contributed by atoms with Crippen molar-refractivity contribution in [2.24, 2.45) is 5.41 Å². The van der Waals surface area contributed by atoms with Crippen LogP contribution in [-0.2, 0) is 6.54 Å². The third kappa shape index (κ3) is 2.99. The zero-order valence-electron chi connectivity index (χ0n) is 9.45. The maximum Gasteiger partial charge on any atom is 0.188 e. The quantitative estimate of drug-likeness (QED) is 0.786. The first-order valence-electron chi connectivity index (χ1n) is 5.61. The fourth-order valence-electron chi connectivity index (χ4n) is 2.10. The molecule has 0 unspecified atom stereocenters. The van der Waals surface area contributed by atoms with Crippen LogP contribution >= 0.6 is 0 Å². The van der Waals surface area contributed by atoms with Crippen LogP contribution in [0.1, 0.15) is 45.4 Å². The smallest absolute Gasteiger partial charge is 0.188 e. The van der Waals surface area contributed by atoms with Gasteiger partial charge in [-0.25, -0.2) is 0 Å². The second kappa shape index (κ2) is 4.26. The van der Waals surface area contributed by atoms with Gasteiger partial charge in [0, 0.05) is 6.04 Å². The van der Waals surface area contributed by atoms with Crippen molar-refractivity contribution in [1.82, 2.24) is 25.9 Å². The number of aromatic nitrogens is 4. The van der Waals surface area contributed by atoms with E-state index >= 15 is 0 Å². The first kappa shape index (κ1) is 10.5. The van der Waals surface area contributed by atoms with Gasteiger partial charge in [0.15, 0.2) is 5.82 Å². The van der Waals surface area contributed by atoms with Gasteiger partial charge in [0.1, 0.15) is 0 Å². The molecule has 0 radical (unpaired) electrons. The molecule has 15 heavy (non-hydrogen) atoms. The lowest BCUT2D eigenvalue weighted by molar-refractivity contribution is 0.205. The highest BCUT2D eigenvalue weighted by molar-refractivity contribution is 4.84. The lowest BCUT2D eigenvalue weighted by atomic mass is 9.75.